The van der Waals surface area contributed by atoms with Crippen molar-refractivity contribution >= 4 is 35.0 Å². The number of rotatable bonds is 4. The lowest BCUT2D eigenvalue weighted by Crippen LogP contribution is -2.24. The highest BCUT2D eigenvalue weighted by Crippen LogP contribution is 2.40. The Balaban J connectivity index is 2.34. The molecule has 5 N–H and O–H groups in total. The minimum atomic E-state index is -1.56. The van der Waals surface area contributed by atoms with Crippen LogP contribution in [0.3, 0.4) is 0 Å². The molecule has 1 aliphatic rings. The molecule has 1 aromatic carbocycles. The molecule has 0 amide bonds. The minimum Gasteiger partial charge on any atom is -0.478 e. The van der Waals surface area contributed by atoms with Crippen LogP contribution in [0.4, 0.5) is 11.5 Å². The van der Waals surface area contributed by atoms with Crippen molar-refractivity contribution in [2.75, 3.05) is 23.7 Å². The third-order valence-electron chi connectivity index (χ3n) is 4.75. The maximum atomic E-state index is 12.2. The third kappa shape index (κ3) is 3.12. The summed E-state index contributed by atoms with van der Waals surface area (Å²) in [4.78, 5) is 39.8. The van der Waals surface area contributed by atoms with Crippen molar-refractivity contribution < 1.29 is 19.8 Å². The molecule has 2 heterocycles. The van der Waals surface area contributed by atoms with Gasteiger partial charge in [0.05, 0.1) is 5.02 Å². The average Bonchev–Trinajstić information content (AvgIpc) is 3.10. The smallest absolute Gasteiger partial charge is 0.342 e. The summed E-state index contributed by atoms with van der Waals surface area (Å²) in [5.74, 6) is -3.45. The van der Waals surface area contributed by atoms with Crippen molar-refractivity contribution in [1.29, 1.82) is 0 Å². The first kappa shape index (κ1) is 18.8. The maximum absolute atomic E-state index is 12.2. The lowest BCUT2D eigenvalue weighted by atomic mass is 9.93. The monoisotopic (exact) mass is 391 g/mol. The summed E-state index contributed by atoms with van der Waals surface area (Å²) in [6.07, 6.45) is 2.13. The maximum Gasteiger partial charge on any atom is 0.342 e. The van der Waals surface area contributed by atoms with E-state index >= 15 is 0 Å². The van der Waals surface area contributed by atoms with Crippen molar-refractivity contribution in [2.45, 2.75) is 19.8 Å². The van der Waals surface area contributed by atoms with E-state index < -0.39 is 34.4 Å². The Morgan fingerprint density at radius 1 is 1.15 bits per heavy atom. The second kappa shape index (κ2) is 6.96. The molecule has 1 fully saturated rings. The van der Waals surface area contributed by atoms with Crippen molar-refractivity contribution in [1.82, 2.24) is 4.98 Å². The number of carboxylic acid groups (broad SMARTS) is 2. The highest BCUT2D eigenvalue weighted by molar-refractivity contribution is 6.35. The number of hydrogen-bond donors (Lipinski definition) is 4. The molecule has 1 aromatic heterocycles. The van der Waals surface area contributed by atoms with Gasteiger partial charge >= 0.3 is 11.9 Å². The lowest BCUT2D eigenvalue weighted by Gasteiger charge is -2.22. The largest absolute Gasteiger partial charge is 0.478 e. The number of nitrogens with two attached hydrogens (primary N) is 1. The van der Waals surface area contributed by atoms with Gasteiger partial charge in [-0.2, -0.15) is 0 Å². The van der Waals surface area contributed by atoms with Gasteiger partial charge in [0.2, 0.25) is 0 Å². The molecule has 0 aliphatic carbocycles. The molecular formula is C18H18ClN3O5. The molecule has 0 spiro atoms. The van der Waals surface area contributed by atoms with E-state index in [9.17, 15) is 24.6 Å². The van der Waals surface area contributed by atoms with Crippen LogP contribution in [0.2, 0.25) is 5.02 Å². The molecule has 142 valence electrons. The second-order valence-electron chi connectivity index (χ2n) is 6.37. The molecule has 2 aromatic rings. The zero-order chi connectivity index (χ0) is 19.9. The molecule has 8 nitrogen and oxygen atoms in total. The SMILES string of the molecule is Cc1c(N2CCCC2)ccc(-c2c(C(=O)O)c(N)[nH]c(=O)c2C(=O)O)c1Cl. The number of nitrogens with zero attached hydrogens (tertiary/aromatic N) is 1. The molecule has 0 radical (unpaired) electrons. The van der Waals surface area contributed by atoms with E-state index in [4.69, 9.17) is 17.3 Å². The van der Waals surface area contributed by atoms with Gasteiger partial charge in [-0.15, -0.1) is 0 Å². The van der Waals surface area contributed by atoms with Crippen molar-refractivity contribution in [2.24, 2.45) is 0 Å². The number of aromatic carboxylic acids is 2. The van der Waals surface area contributed by atoms with E-state index in [1.54, 1.807) is 13.0 Å². The molecule has 0 saturated carbocycles. The fraction of sp³-hybridized carbons (Fsp3) is 0.278. The van der Waals surface area contributed by atoms with Crippen LogP contribution in [-0.4, -0.2) is 40.2 Å². The van der Waals surface area contributed by atoms with Crippen molar-refractivity contribution in [3.05, 3.63) is 44.2 Å². The first-order chi connectivity index (χ1) is 12.7. The van der Waals surface area contributed by atoms with Crippen LogP contribution in [0.25, 0.3) is 11.1 Å². The van der Waals surface area contributed by atoms with Crippen LogP contribution in [0, 0.1) is 6.92 Å². The first-order valence-electron chi connectivity index (χ1n) is 8.30. The Bertz CT molecular complexity index is 1010. The summed E-state index contributed by atoms with van der Waals surface area (Å²) < 4.78 is 0. The molecular weight excluding hydrogens is 374 g/mol. The van der Waals surface area contributed by atoms with Gasteiger partial charge < -0.3 is 25.8 Å². The highest BCUT2D eigenvalue weighted by Gasteiger charge is 2.29. The van der Waals surface area contributed by atoms with E-state index in [0.717, 1.165) is 31.6 Å². The normalized spacial score (nSPS) is 13.8. The number of aromatic nitrogens is 1. The van der Waals surface area contributed by atoms with Crippen LogP contribution < -0.4 is 16.2 Å². The number of benzene rings is 1. The van der Waals surface area contributed by atoms with Crippen molar-refractivity contribution in [3.63, 3.8) is 0 Å². The van der Waals surface area contributed by atoms with Gasteiger partial charge in [-0.05, 0) is 31.4 Å². The molecule has 27 heavy (non-hydrogen) atoms. The zero-order valence-corrected chi connectivity index (χ0v) is 15.3. The predicted octanol–water partition coefficient (Wildman–Crippen LogP) is 2.58. The summed E-state index contributed by atoms with van der Waals surface area (Å²) in [6.45, 7) is 3.54. The van der Waals surface area contributed by atoms with Crippen LogP contribution in [-0.2, 0) is 0 Å². The number of aromatic amines is 1. The predicted molar refractivity (Wildman–Crippen MR) is 102 cm³/mol. The number of halogens is 1. The van der Waals surface area contributed by atoms with Gasteiger partial charge in [0.25, 0.3) is 5.56 Å². The molecule has 1 aliphatic heterocycles. The Morgan fingerprint density at radius 3 is 2.30 bits per heavy atom. The average molecular weight is 392 g/mol. The Hall–Kier alpha value is -3.00. The molecule has 3 rings (SSSR count). The van der Waals surface area contributed by atoms with E-state index in [-0.39, 0.29) is 16.1 Å². The Kier molecular flexibility index (Phi) is 4.84. The van der Waals surface area contributed by atoms with Gasteiger partial charge in [0.15, 0.2) is 0 Å². The highest BCUT2D eigenvalue weighted by atomic mass is 35.5. The fourth-order valence-corrected chi connectivity index (χ4v) is 3.74. The standard InChI is InChI=1S/C18H18ClN3O5/c1-8-10(22-6-2-3-7-22)5-4-9(14(8)19)11-12(17(24)25)15(20)21-16(23)13(11)18(26)27/h4-5H,2-3,6-7H2,1H3,(H,24,25)(H,26,27)(H3,20,21,23). The summed E-state index contributed by atoms with van der Waals surface area (Å²) in [7, 11) is 0. The van der Waals surface area contributed by atoms with E-state index in [1.165, 1.54) is 6.07 Å². The number of nitrogen functional groups attached to an aromatic ring is 1. The molecule has 0 bridgehead atoms. The van der Waals surface area contributed by atoms with Gasteiger partial charge in [-0.25, -0.2) is 9.59 Å². The molecule has 0 atom stereocenters. The number of hydrogen-bond acceptors (Lipinski definition) is 5. The molecule has 0 unspecified atom stereocenters. The number of anilines is 2. The van der Waals surface area contributed by atoms with Gasteiger partial charge in [-0.3, -0.25) is 4.79 Å². The molecule has 9 heteroatoms. The van der Waals surface area contributed by atoms with Gasteiger partial charge in [-0.1, -0.05) is 17.7 Å². The number of nitrogens with one attached hydrogen (secondary N) is 1. The Morgan fingerprint density at radius 2 is 1.74 bits per heavy atom. The lowest BCUT2D eigenvalue weighted by molar-refractivity contribution is 0.0695. The summed E-state index contributed by atoms with van der Waals surface area (Å²) in [6, 6.07) is 3.30. The van der Waals surface area contributed by atoms with Crippen LogP contribution in [0.1, 0.15) is 39.1 Å². The second-order valence-corrected chi connectivity index (χ2v) is 6.75. The number of pyridine rings is 1. The number of carbonyl (C=O) groups is 2. The van der Waals surface area contributed by atoms with E-state index in [2.05, 4.69) is 9.88 Å². The summed E-state index contributed by atoms with van der Waals surface area (Å²) in [5, 5.41) is 19.2. The minimum absolute atomic E-state index is 0.143. The Labute approximate surface area is 159 Å². The van der Waals surface area contributed by atoms with Crippen LogP contribution in [0.15, 0.2) is 16.9 Å². The summed E-state index contributed by atoms with van der Waals surface area (Å²) in [5.41, 5.74) is 4.90. The van der Waals surface area contributed by atoms with Crippen LogP contribution >= 0.6 is 11.6 Å². The van der Waals surface area contributed by atoms with Crippen molar-refractivity contribution in [3.8, 4) is 11.1 Å². The van der Waals surface area contributed by atoms with Gasteiger partial charge in [0, 0.05) is 29.9 Å². The quantitative estimate of drug-likeness (QED) is 0.628. The zero-order valence-electron chi connectivity index (χ0n) is 14.5. The molecule has 1 saturated heterocycles. The summed E-state index contributed by atoms with van der Waals surface area (Å²) >= 11 is 6.50. The topological polar surface area (TPSA) is 137 Å². The van der Waals surface area contributed by atoms with E-state index in [0.29, 0.717) is 5.56 Å². The van der Waals surface area contributed by atoms with Crippen LogP contribution in [0.5, 0.6) is 0 Å². The first-order valence-corrected chi connectivity index (χ1v) is 8.68. The number of H-pyrrole nitrogens is 1. The fourth-order valence-electron chi connectivity index (χ4n) is 3.48. The number of carboxylic acids is 2. The third-order valence-corrected chi connectivity index (χ3v) is 5.23. The van der Waals surface area contributed by atoms with E-state index in [1.807, 2.05) is 0 Å². The van der Waals surface area contributed by atoms with Gasteiger partial charge in [0.1, 0.15) is 16.9 Å².